The first-order chi connectivity index (χ1) is 11.7. The number of carbonyl (C=O) groups excluding carboxylic acids is 2. The van der Waals surface area contributed by atoms with E-state index in [4.69, 9.17) is 25.5 Å². The second kappa shape index (κ2) is 7.61. The summed E-state index contributed by atoms with van der Waals surface area (Å²) in [6, 6.07) is 4.88. The number of benzene rings is 1. The second-order valence-corrected chi connectivity index (χ2v) is 6.07. The minimum absolute atomic E-state index is 0.303. The number of amides is 1. The fraction of sp³-hybridized carbons (Fsp3) is 0.333. The van der Waals surface area contributed by atoms with Gasteiger partial charge < -0.3 is 19.2 Å². The first-order valence-corrected chi connectivity index (χ1v) is 8.03. The van der Waals surface area contributed by atoms with E-state index in [0.29, 0.717) is 33.5 Å². The van der Waals surface area contributed by atoms with Crippen LogP contribution in [0.1, 0.15) is 34.4 Å². The van der Waals surface area contributed by atoms with Crippen LogP contribution in [0.3, 0.4) is 0 Å². The highest BCUT2D eigenvalue weighted by Gasteiger charge is 2.23. The zero-order valence-corrected chi connectivity index (χ0v) is 15.5. The van der Waals surface area contributed by atoms with Gasteiger partial charge in [-0.2, -0.15) is 0 Å². The maximum absolute atomic E-state index is 12.3. The molecule has 2 aromatic rings. The maximum Gasteiger partial charge on any atom is 0.342 e. The predicted molar refractivity (Wildman–Crippen MR) is 94.4 cm³/mol. The third-order valence-corrected chi connectivity index (χ3v) is 4.06. The number of furan rings is 1. The molecule has 0 aliphatic heterocycles. The average molecular weight is 366 g/mol. The van der Waals surface area contributed by atoms with Gasteiger partial charge in [0.1, 0.15) is 22.8 Å². The van der Waals surface area contributed by atoms with Crippen LogP contribution in [0.5, 0.6) is 5.75 Å². The lowest BCUT2D eigenvalue weighted by Gasteiger charge is -2.16. The van der Waals surface area contributed by atoms with Crippen LogP contribution in [-0.2, 0) is 9.53 Å². The molecule has 0 saturated heterocycles. The molecule has 134 valence electrons. The van der Waals surface area contributed by atoms with Gasteiger partial charge in [0.15, 0.2) is 6.10 Å². The maximum atomic E-state index is 12.3. The van der Waals surface area contributed by atoms with Gasteiger partial charge in [0.2, 0.25) is 0 Å². The smallest absolute Gasteiger partial charge is 0.342 e. The van der Waals surface area contributed by atoms with E-state index in [1.807, 2.05) is 6.92 Å². The van der Waals surface area contributed by atoms with Crippen molar-refractivity contribution in [2.45, 2.75) is 33.8 Å². The Labute approximate surface area is 151 Å². The van der Waals surface area contributed by atoms with E-state index in [1.54, 1.807) is 32.0 Å². The highest BCUT2D eigenvalue weighted by Crippen LogP contribution is 2.31. The minimum atomic E-state index is -0.997. The molecule has 1 aromatic carbocycles. The third-order valence-electron chi connectivity index (χ3n) is 3.65. The molecule has 1 amide bonds. The summed E-state index contributed by atoms with van der Waals surface area (Å²) in [5.41, 5.74) is 1.54. The number of carbonyl (C=O) groups is 2. The van der Waals surface area contributed by atoms with Crippen LogP contribution >= 0.6 is 11.6 Å². The standard InChI is InChI=1S/C18H20ClNO5/c1-9-6-15(16(23-5)8-14(9)19)20-17(21)12(4)25-18(22)13-7-10(2)24-11(13)3/h6-8,12H,1-5H3,(H,20,21). The summed E-state index contributed by atoms with van der Waals surface area (Å²) >= 11 is 6.05. The van der Waals surface area contributed by atoms with Crippen LogP contribution in [0.15, 0.2) is 22.6 Å². The van der Waals surface area contributed by atoms with Crippen molar-refractivity contribution in [3.8, 4) is 5.75 Å². The third kappa shape index (κ3) is 4.33. The number of aryl methyl sites for hydroxylation is 3. The molecule has 0 saturated carbocycles. The number of nitrogens with one attached hydrogen (secondary N) is 1. The number of hydrogen-bond donors (Lipinski definition) is 1. The molecule has 0 fully saturated rings. The van der Waals surface area contributed by atoms with Gasteiger partial charge in [-0.3, -0.25) is 4.79 Å². The molecule has 2 rings (SSSR count). The van der Waals surface area contributed by atoms with Crippen molar-refractivity contribution in [2.75, 3.05) is 12.4 Å². The summed E-state index contributed by atoms with van der Waals surface area (Å²) in [4.78, 5) is 24.5. The van der Waals surface area contributed by atoms with E-state index >= 15 is 0 Å². The van der Waals surface area contributed by atoms with Crippen LogP contribution in [0.25, 0.3) is 0 Å². The first kappa shape index (κ1) is 18.9. The molecule has 0 radical (unpaired) electrons. The summed E-state index contributed by atoms with van der Waals surface area (Å²) < 4.78 is 15.7. The summed E-state index contributed by atoms with van der Waals surface area (Å²) in [5, 5.41) is 3.21. The number of anilines is 1. The molecular formula is C18H20ClNO5. The molecule has 1 heterocycles. The Balaban J connectivity index is 2.09. The van der Waals surface area contributed by atoms with Gasteiger partial charge in [-0.25, -0.2) is 4.79 Å². The van der Waals surface area contributed by atoms with Crippen molar-refractivity contribution in [1.29, 1.82) is 0 Å². The molecule has 1 aromatic heterocycles. The Kier molecular flexibility index (Phi) is 5.74. The molecule has 1 N–H and O–H groups in total. The zero-order chi connectivity index (χ0) is 18.7. The normalized spacial score (nSPS) is 11.8. The van der Waals surface area contributed by atoms with Crippen molar-refractivity contribution in [1.82, 2.24) is 0 Å². The number of halogens is 1. The average Bonchev–Trinajstić information content (AvgIpc) is 2.89. The van der Waals surface area contributed by atoms with Crippen molar-refractivity contribution >= 4 is 29.2 Å². The first-order valence-electron chi connectivity index (χ1n) is 7.66. The number of methoxy groups -OCH3 is 1. The molecule has 25 heavy (non-hydrogen) atoms. The lowest BCUT2D eigenvalue weighted by Crippen LogP contribution is -2.30. The van der Waals surface area contributed by atoms with Gasteiger partial charge in [-0.15, -0.1) is 0 Å². The fourth-order valence-corrected chi connectivity index (χ4v) is 2.43. The topological polar surface area (TPSA) is 77.8 Å². The summed E-state index contributed by atoms with van der Waals surface area (Å²) in [5.74, 6) is 0.374. The summed E-state index contributed by atoms with van der Waals surface area (Å²) in [6.45, 7) is 6.69. The van der Waals surface area contributed by atoms with E-state index < -0.39 is 18.0 Å². The largest absolute Gasteiger partial charge is 0.495 e. The lowest BCUT2D eigenvalue weighted by atomic mass is 10.2. The molecular weight excluding hydrogens is 346 g/mol. The minimum Gasteiger partial charge on any atom is -0.495 e. The molecule has 7 heteroatoms. The SMILES string of the molecule is COc1cc(Cl)c(C)cc1NC(=O)C(C)OC(=O)c1cc(C)oc1C. The fourth-order valence-electron chi connectivity index (χ4n) is 2.28. The van der Waals surface area contributed by atoms with E-state index in [-0.39, 0.29) is 0 Å². The summed E-state index contributed by atoms with van der Waals surface area (Å²) in [7, 11) is 1.48. The molecule has 6 nitrogen and oxygen atoms in total. The molecule has 0 bridgehead atoms. The lowest BCUT2D eigenvalue weighted by molar-refractivity contribution is -0.123. The molecule has 0 aliphatic carbocycles. The van der Waals surface area contributed by atoms with Gasteiger partial charge in [-0.05, 0) is 45.4 Å². The van der Waals surface area contributed by atoms with Crippen LogP contribution in [-0.4, -0.2) is 25.1 Å². The molecule has 0 aliphatic rings. The summed E-state index contributed by atoms with van der Waals surface area (Å²) in [6.07, 6.45) is -0.997. The van der Waals surface area contributed by atoms with Crippen LogP contribution < -0.4 is 10.1 Å². The van der Waals surface area contributed by atoms with Gasteiger partial charge in [0.25, 0.3) is 5.91 Å². The predicted octanol–water partition coefficient (Wildman–Crippen LogP) is 4.05. The highest BCUT2D eigenvalue weighted by atomic mass is 35.5. The Morgan fingerprint density at radius 3 is 2.44 bits per heavy atom. The van der Waals surface area contributed by atoms with Crippen molar-refractivity contribution in [3.05, 3.63) is 45.9 Å². The Morgan fingerprint density at radius 2 is 1.88 bits per heavy atom. The number of ether oxygens (including phenoxy) is 2. The highest BCUT2D eigenvalue weighted by molar-refractivity contribution is 6.31. The quantitative estimate of drug-likeness (QED) is 0.809. The Bertz CT molecular complexity index is 812. The van der Waals surface area contributed by atoms with Crippen LogP contribution in [0.2, 0.25) is 5.02 Å². The van der Waals surface area contributed by atoms with E-state index in [9.17, 15) is 9.59 Å². The zero-order valence-electron chi connectivity index (χ0n) is 14.7. The Morgan fingerprint density at radius 1 is 1.20 bits per heavy atom. The van der Waals surface area contributed by atoms with Crippen molar-refractivity contribution < 1.29 is 23.5 Å². The van der Waals surface area contributed by atoms with E-state index in [0.717, 1.165) is 5.56 Å². The van der Waals surface area contributed by atoms with E-state index in [1.165, 1.54) is 14.0 Å². The van der Waals surface area contributed by atoms with Crippen molar-refractivity contribution in [2.24, 2.45) is 0 Å². The van der Waals surface area contributed by atoms with Crippen LogP contribution in [0, 0.1) is 20.8 Å². The van der Waals surface area contributed by atoms with Gasteiger partial charge in [-0.1, -0.05) is 11.6 Å². The van der Waals surface area contributed by atoms with Gasteiger partial charge >= 0.3 is 5.97 Å². The number of esters is 1. The van der Waals surface area contributed by atoms with Crippen molar-refractivity contribution in [3.63, 3.8) is 0 Å². The number of rotatable bonds is 5. The molecule has 1 unspecified atom stereocenters. The van der Waals surface area contributed by atoms with Gasteiger partial charge in [0.05, 0.1) is 12.8 Å². The Hall–Kier alpha value is -2.47. The molecule has 1 atom stereocenters. The van der Waals surface area contributed by atoms with Crippen LogP contribution in [0.4, 0.5) is 5.69 Å². The monoisotopic (exact) mass is 365 g/mol. The van der Waals surface area contributed by atoms with E-state index in [2.05, 4.69) is 5.32 Å². The van der Waals surface area contributed by atoms with Gasteiger partial charge in [0, 0.05) is 11.1 Å². The molecule has 0 spiro atoms. The second-order valence-electron chi connectivity index (χ2n) is 5.67. The number of hydrogen-bond acceptors (Lipinski definition) is 5.